The number of hydrogen-bond donors (Lipinski definition) is 1. The first-order valence-corrected chi connectivity index (χ1v) is 6.70. The lowest BCUT2D eigenvalue weighted by molar-refractivity contribution is -0.384. The van der Waals surface area contributed by atoms with Crippen LogP contribution >= 0.6 is 15.9 Å². The predicted molar refractivity (Wildman–Crippen MR) is 81.7 cm³/mol. The van der Waals surface area contributed by atoms with Gasteiger partial charge < -0.3 is 10.1 Å². The van der Waals surface area contributed by atoms with E-state index in [1.165, 1.54) is 31.4 Å². The van der Waals surface area contributed by atoms with Gasteiger partial charge in [0.2, 0.25) is 0 Å². The molecule has 0 saturated carbocycles. The monoisotopic (exact) mass is 350 g/mol. The quantitative estimate of drug-likeness (QED) is 0.674. The Labute approximate surface area is 129 Å². The molecule has 0 saturated heterocycles. The van der Waals surface area contributed by atoms with Gasteiger partial charge in [0.25, 0.3) is 11.6 Å². The summed E-state index contributed by atoms with van der Waals surface area (Å²) in [4.78, 5) is 22.2. The maximum atomic E-state index is 12.1. The number of methoxy groups -OCH3 is 1. The minimum atomic E-state index is -0.514. The van der Waals surface area contributed by atoms with Gasteiger partial charge >= 0.3 is 0 Å². The summed E-state index contributed by atoms with van der Waals surface area (Å²) in [6.45, 7) is 0. The number of benzene rings is 2. The highest BCUT2D eigenvalue weighted by Gasteiger charge is 2.12. The van der Waals surface area contributed by atoms with E-state index in [-0.39, 0.29) is 11.6 Å². The Morgan fingerprint density at radius 3 is 2.48 bits per heavy atom. The molecule has 0 aliphatic carbocycles. The van der Waals surface area contributed by atoms with Gasteiger partial charge in [0.15, 0.2) is 0 Å². The standard InChI is InChI=1S/C14H11BrN2O4/c1-21-13-8-10(15)4-7-12(13)16-14(18)9-2-5-11(6-3-9)17(19)20/h2-8H,1H3,(H,16,18). The zero-order valence-electron chi connectivity index (χ0n) is 11.0. The fourth-order valence-electron chi connectivity index (χ4n) is 1.70. The zero-order chi connectivity index (χ0) is 15.4. The first-order chi connectivity index (χ1) is 10.0. The van der Waals surface area contributed by atoms with E-state index in [4.69, 9.17) is 4.74 Å². The molecule has 108 valence electrons. The molecule has 0 spiro atoms. The van der Waals surface area contributed by atoms with Crippen LogP contribution < -0.4 is 10.1 Å². The molecular formula is C14H11BrN2O4. The van der Waals surface area contributed by atoms with Crippen LogP contribution in [0.15, 0.2) is 46.9 Å². The van der Waals surface area contributed by atoms with E-state index in [9.17, 15) is 14.9 Å². The van der Waals surface area contributed by atoms with Crippen LogP contribution in [0.25, 0.3) is 0 Å². The molecule has 7 heteroatoms. The second-order valence-corrected chi connectivity index (χ2v) is 5.02. The first-order valence-electron chi connectivity index (χ1n) is 5.90. The van der Waals surface area contributed by atoms with Gasteiger partial charge in [-0.15, -0.1) is 0 Å². The molecule has 2 aromatic carbocycles. The SMILES string of the molecule is COc1cc(Br)ccc1NC(=O)c1ccc([N+](=O)[O-])cc1. The second-order valence-electron chi connectivity index (χ2n) is 4.10. The molecule has 1 amide bonds. The summed E-state index contributed by atoms with van der Waals surface area (Å²) in [5.41, 5.74) is 0.780. The molecule has 0 unspecified atom stereocenters. The number of hydrogen-bond acceptors (Lipinski definition) is 4. The molecule has 2 aromatic rings. The maximum Gasteiger partial charge on any atom is 0.269 e. The molecule has 2 rings (SSSR count). The predicted octanol–water partition coefficient (Wildman–Crippen LogP) is 3.62. The van der Waals surface area contributed by atoms with Gasteiger partial charge in [-0.05, 0) is 30.3 Å². The van der Waals surface area contributed by atoms with Crippen LogP contribution in [-0.2, 0) is 0 Å². The smallest absolute Gasteiger partial charge is 0.269 e. The number of anilines is 1. The van der Waals surface area contributed by atoms with Crippen molar-refractivity contribution in [1.29, 1.82) is 0 Å². The average Bonchev–Trinajstić information content (AvgIpc) is 2.49. The number of carbonyl (C=O) groups excluding carboxylic acids is 1. The van der Waals surface area contributed by atoms with Crippen LogP contribution in [0.3, 0.4) is 0 Å². The number of nitrogens with one attached hydrogen (secondary N) is 1. The van der Waals surface area contributed by atoms with E-state index >= 15 is 0 Å². The Bertz CT molecular complexity index is 686. The lowest BCUT2D eigenvalue weighted by Crippen LogP contribution is -2.12. The number of carbonyl (C=O) groups is 1. The first kappa shape index (κ1) is 15.0. The minimum Gasteiger partial charge on any atom is -0.495 e. The highest BCUT2D eigenvalue weighted by Crippen LogP contribution is 2.28. The third-order valence-corrected chi connectivity index (χ3v) is 3.25. The molecular weight excluding hydrogens is 340 g/mol. The number of nitrogens with zero attached hydrogens (tertiary/aromatic N) is 1. The van der Waals surface area contributed by atoms with Crippen molar-refractivity contribution in [1.82, 2.24) is 0 Å². The number of nitro groups is 1. The molecule has 0 aliphatic rings. The van der Waals surface area contributed by atoms with Gasteiger partial charge in [0.1, 0.15) is 5.75 Å². The number of nitro benzene ring substituents is 1. The number of ether oxygens (including phenoxy) is 1. The van der Waals surface area contributed by atoms with Crippen molar-refractivity contribution in [3.05, 3.63) is 62.6 Å². The second kappa shape index (κ2) is 6.36. The van der Waals surface area contributed by atoms with E-state index in [0.29, 0.717) is 17.0 Å². The topological polar surface area (TPSA) is 81.5 Å². The van der Waals surface area contributed by atoms with Crippen LogP contribution in [0.4, 0.5) is 11.4 Å². The molecule has 0 radical (unpaired) electrons. The lowest BCUT2D eigenvalue weighted by atomic mass is 10.2. The Balaban J connectivity index is 2.19. The summed E-state index contributed by atoms with van der Waals surface area (Å²) in [5.74, 6) is 0.144. The van der Waals surface area contributed by atoms with Crippen LogP contribution in [0, 0.1) is 10.1 Å². The molecule has 0 aliphatic heterocycles. The third-order valence-electron chi connectivity index (χ3n) is 2.75. The largest absolute Gasteiger partial charge is 0.495 e. The molecule has 21 heavy (non-hydrogen) atoms. The number of non-ortho nitro benzene ring substituents is 1. The van der Waals surface area contributed by atoms with E-state index in [1.54, 1.807) is 18.2 Å². The highest BCUT2D eigenvalue weighted by molar-refractivity contribution is 9.10. The summed E-state index contributed by atoms with van der Waals surface area (Å²) < 4.78 is 6.01. The Morgan fingerprint density at radius 1 is 1.24 bits per heavy atom. The van der Waals surface area contributed by atoms with Gasteiger partial charge in [0.05, 0.1) is 17.7 Å². The van der Waals surface area contributed by atoms with E-state index in [1.807, 2.05) is 0 Å². The van der Waals surface area contributed by atoms with Crippen molar-refractivity contribution in [3.63, 3.8) is 0 Å². The van der Waals surface area contributed by atoms with Crippen molar-refractivity contribution < 1.29 is 14.5 Å². The van der Waals surface area contributed by atoms with Crippen LogP contribution in [0.5, 0.6) is 5.75 Å². The van der Waals surface area contributed by atoms with Crippen molar-refractivity contribution in [2.75, 3.05) is 12.4 Å². The van der Waals surface area contributed by atoms with Crippen LogP contribution in [0.1, 0.15) is 10.4 Å². The van der Waals surface area contributed by atoms with Crippen molar-refractivity contribution in [2.24, 2.45) is 0 Å². The van der Waals surface area contributed by atoms with Crippen molar-refractivity contribution >= 4 is 33.2 Å². The minimum absolute atomic E-state index is 0.0622. The lowest BCUT2D eigenvalue weighted by Gasteiger charge is -2.10. The van der Waals surface area contributed by atoms with Crippen molar-refractivity contribution in [3.8, 4) is 5.75 Å². The summed E-state index contributed by atoms with van der Waals surface area (Å²) in [5, 5.41) is 13.3. The normalized spacial score (nSPS) is 10.0. The van der Waals surface area contributed by atoms with Gasteiger partial charge in [0, 0.05) is 22.2 Å². The number of halogens is 1. The Morgan fingerprint density at radius 2 is 1.90 bits per heavy atom. The average molecular weight is 351 g/mol. The Kier molecular flexibility index (Phi) is 4.54. The summed E-state index contributed by atoms with van der Waals surface area (Å²) >= 11 is 3.31. The van der Waals surface area contributed by atoms with E-state index in [2.05, 4.69) is 21.2 Å². The summed E-state index contributed by atoms with van der Waals surface area (Å²) in [6.07, 6.45) is 0. The van der Waals surface area contributed by atoms with Crippen molar-refractivity contribution in [2.45, 2.75) is 0 Å². The number of amides is 1. The number of rotatable bonds is 4. The van der Waals surface area contributed by atoms with E-state index in [0.717, 1.165) is 4.47 Å². The fourth-order valence-corrected chi connectivity index (χ4v) is 2.04. The molecule has 0 atom stereocenters. The van der Waals surface area contributed by atoms with Gasteiger partial charge in [-0.25, -0.2) is 0 Å². The zero-order valence-corrected chi connectivity index (χ0v) is 12.6. The van der Waals surface area contributed by atoms with Crippen LogP contribution in [-0.4, -0.2) is 17.9 Å². The van der Waals surface area contributed by atoms with Gasteiger partial charge in [-0.3, -0.25) is 14.9 Å². The highest BCUT2D eigenvalue weighted by atomic mass is 79.9. The van der Waals surface area contributed by atoms with E-state index < -0.39 is 4.92 Å². The molecule has 1 N–H and O–H groups in total. The molecule has 0 heterocycles. The summed E-state index contributed by atoms with van der Waals surface area (Å²) in [6, 6.07) is 10.6. The maximum absolute atomic E-state index is 12.1. The molecule has 0 aromatic heterocycles. The summed E-state index contributed by atoms with van der Waals surface area (Å²) in [7, 11) is 1.50. The molecule has 0 fully saturated rings. The van der Waals surface area contributed by atoms with Crippen LogP contribution in [0.2, 0.25) is 0 Å². The molecule has 0 bridgehead atoms. The molecule has 6 nitrogen and oxygen atoms in total. The van der Waals surface area contributed by atoms with Gasteiger partial charge in [-0.2, -0.15) is 0 Å². The fraction of sp³-hybridized carbons (Fsp3) is 0.0714. The third kappa shape index (κ3) is 3.57. The Hall–Kier alpha value is -2.41. The van der Waals surface area contributed by atoms with Gasteiger partial charge in [-0.1, -0.05) is 15.9 Å².